The van der Waals surface area contributed by atoms with E-state index < -0.39 is 0 Å². The Morgan fingerprint density at radius 3 is 2.55 bits per heavy atom. The van der Waals surface area contributed by atoms with E-state index in [1.807, 2.05) is 62.5 Å². The molecule has 0 aliphatic rings. The number of aryl methyl sites for hydroxylation is 2. The fourth-order valence-corrected chi connectivity index (χ4v) is 3.18. The Morgan fingerprint density at radius 1 is 1.05 bits per heavy atom. The molecule has 4 heteroatoms. The zero-order valence-corrected chi connectivity index (χ0v) is 13.3. The summed E-state index contributed by atoms with van der Waals surface area (Å²) in [5, 5.41) is 2.92. The van der Waals surface area contributed by atoms with Crippen LogP contribution in [0.2, 0.25) is 0 Å². The Morgan fingerprint density at radius 2 is 1.82 bits per heavy atom. The van der Waals surface area contributed by atoms with E-state index >= 15 is 0 Å². The quantitative estimate of drug-likeness (QED) is 0.763. The van der Waals surface area contributed by atoms with E-state index in [1.54, 1.807) is 6.20 Å². The molecule has 0 unspecified atom stereocenters. The smallest absolute Gasteiger partial charge is 0.265 e. The first kappa shape index (κ1) is 14.5. The second kappa shape index (κ2) is 6.12. The van der Waals surface area contributed by atoms with Crippen LogP contribution in [0.5, 0.6) is 0 Å². The number of aromatic nitrogens is 1. The second-order valence-electron chi connectivity index (χ2n) is 5.17. The lowest BCUT2D eigenvalue weighted by atomic mass is 10.1. The van der Waals surface area contributed by atoms with Crippen molar-refractivity contribution < 1.29 is 4.79 Å². The van der Waals surface area contributed by atoms with E-state index in [9.17, 15) is 4.79 Å². The molecule has 1 N–H and O–H groups in total. The van der Waals surface area contributed by atoms with Crippen molar-refractivity contribution in [3.8, 4) is 10.4 Å². The topological polar surface area (TPSA) is 42.0 Å². The normalized spacial score (nSPS) is 10.5. The number of carbonyl (C=O) groups excluding carboxylic acids is 1. The predicted octanol–water partition coefficient (Wildman–Crippen LogP) is 4.68. The fourth-order valence-electron chi connectivity index (χ4n) is 2.18. The third-order valence-electron chi connectivity index (χ3n) is 3.42. The van der Waals surface area contributed by atoms with Gasteiger partial charge >= 0.3 is 0 Å². The van der Waals surface area contributed by atoms with Gasteiger partial charge in [0.1, 0.15) is 0 Å². The van der Waals surface area contributed by atoms with Crippen molar-refractivity contribution in [1.82, 2.24) is 4.98 Å². The molecule has 3 rings (SSSR count). The van der Waals surface area contributed by atoms with Crippen LogP contribution < -0.4 is 5.32 Å². The number of rotatable bonds is 3. The Kier molecular flexibility index (Phi) is 4.02. The highest BCUT2D eigenvalue weighted by Gasteiger charge is 2.11. The van der Waals surface area contributed by atoms with E-state index in [4.69, 9.17) is 0 Å². The van der Waals surface area contributed by atoms with Gasteiger partial charge in [0.15, 0.2) is 0 Å². The van der Waals surface area contributed by atoms with E-state index in [0.717, 1.165) is 21.7 Å². The number of thiophene rings is 1. The van der Waals surface area contributed by atoms with Crippen LogP contribution in [-0.4, -0.2) is 10.9 Å². The summed E-state index contributed by atoms with van der Waals surface area (Å²) in [4.78, 5) is 18.2. The standard InChI is InChI=1S/C18H16N2OS/c1-12-3-5-14(6-4-12)20-18(21)17-8-7-16(22-17)15-9-10-19-11-13(15)2/h3-11H,1-2H3,(H,20,21). The van der Waals surface area contributed by atoms with E-state index in [2.05, 4.69) is 10.3 Å². The second-order valence-corrected chi connectivity index (χ2v) is 6.26. The molecule has 0 saturated carbocycles. The van der Waals surface area contributed by atoms with Crippen LogP contribution in [0.25, 0.3) is 10.4 Å². The molecule has 0 aliphatic carbocycles. The molecule has 22 heavy (non-hydrogen) atoms. The molecule has 1 aromatic carbocycles. The van der Waals surface area contributed by atoms with Gasteiger partial charge in [0.2, 0.25) is 0 Å². The summed E-state index contributed by atoms with van der Waals surface area (Å²) >= 11 is 1.49. The Bertz CT molecular complexity index is 806. The lowest BCUT2D eigenvalue weighted by Gasteiger charge is -2.04. The van der Waals surface area contributed by atoms with Crippen molar-refractivity contribution in [2.24, 2.45) is 0 Å². The zero-order valence-electron chi connectivity index (χ0n) is 12.5. The highest BCUT2D eigenvalue weighted by atomic mass is 32.1. The molecular weight excluding hydrogens is 292 g/mol. The van der Waals surface area contributed by atoms with Gasteiger partial charge in [-0.2, -0.15) is 0 Å². The van der Waals surface area contributed by atoms with Gasteiger partial charge < -0.3 is 5.32 Å². The van der Waals surface area contributed by atoms with Gasteiger partial charge in [-0.25, -0.2) is 0 Å². The molecule has 2 aromatic heterocycles. The first-order valence-electron chi connectivity index (χ1n) is 7.02. The highest BCUT2D eigenvalue weighted by molar-refractivity contribution is 7.17. The van der Waals surface area contributed by atoms with E-state index in [0.29, 0.717) is 4.88 Å². The van der Waals surface area contributed by atoms with Crippen LogP contribution >= 0.6 is 11.3 Å². The fraction of sp³-hybridized carbons (Fsp3) is 0.111. The monoisotopic (exact) mass is 308 g/mol. The summed E-state index contributed by atoms with van der Waals surface area (Å²) in [5.74, 6) is -0.0770. The Hall–Kier alpha value is -2.46. The van der Waals surface area contributed by atoms with Crippen LogP contribution in [0.15, 0.2) is 54.9 Å². The van der Waals surface area contributed by atoms with Crippen molar-refractivity contribution in [2.75, 3.05) is 5.32 Å². The van der Waals surface area contributed by atoms with Crippen LogP contribution in [-0.2, 0) is 0 Å². The molecule has 0 spiro atoms. The number of anilines is 1. The molecule has 3 nitrogen and oxygen atoms in total. The molecular formula is C18H16N2OS. The van der Waals surface area contributed by atoms with Crippen molar-refractivity contribution in [3.63, 3.8) is 0 Å². The van der Waals surface area contributed by atoms with Gasteiger partial charge in [-0.3, -0.25) is 9.78 Å². The van der Waals surface area contributed by atoms with Crippen LogP contribution in [0.3, 0.4) is 0 Å². The van der Waals surface area contributed by atoms with Crippen molar-refractivity contribution >= 4 is 22.9 Å². The minimum Gasteiger partial charge on any atom is -0.321 e. The summed E-state index contributed by atoms with van der Waals surface area (Å²) < 4.78 is 0. The number of carbonyl (C=O) groups is 1. The number of benzene rings is 1. The average Bonchev–Trinajstić information content (AvgIpc) is 3.00. The molecule has 0 fully saturated rings. The Labute approximate surface area is 133 Å². The molecule has 3 aromatic rings. The van der Waals surface area contributed by atoms with Crippen LogP contribution in [0, 0.1) is 13.8 Å². The van der Waals surface area contributed by atoms with Crippen LogP contribution in [0.1, 0.15) is 20.8 Å². The maximum absolute atomic E-state index is 12.3. The Balaban J connectivity index is 1.80. The largest absolute Gasteiger partial charge is 0.321 e. The molecule has 0 radical (unpaired) electrons. The maximum atomic E-state index is 12.3. The van der Waals surface area contributed by atoms with Gasteiger partial charge in [-0.15, -0.1) is 11.3 Å². The molecule has 1 amide bonds. The van der Waals surface area contributed by atoms with Gasteiger partial charge in [-0.05, 0) is 55.3 Å². The van der Waals surface area contributed by atoms with Crippen molar-refractivity contribution in [3.05, 3.63) is 70.9 Å². The van der Waals surface area contributed by atoms with E-state index in [1.165, 1.54) is 16.9 Å². The summed E-state index contributed by atoms with van der Waals surface area (Å²) in [6.07, 6.45) is 3.61. The first-order chi connectivity index (χ1) is 10.6. The van der Waals surface area contributed by atoms with Gasteiger partial charge in [0, 0.05) is 23.0 Å². The number of pyridine rings is 1. The number of hydrogen-bond acceptors (Lipinski definition) is 3. The van der Waals surface area contributed by atoms with E-state index in [-0.39, 0.29) is 5.91 Å². The number of hydrogen-bond donors (Lipinski definition) is 1. The average molecular weight is 308 g/mol. The first-order valence-corrected chi connectivity index (χ1v) is 7.84. The highest BCUT2D eigenvalue weighted by Crippen LogP contribution is 2.30. The molecule has 0 bridgehead atoms. The molecule has 2 heterocycles. The zero-order chi connectivity index (χ0) is 15.5. The molecule has 0 aliphatic heterocycles. The lowest BCUT2D eigenvalue weighted by Crippen LogP contribution is -2.09. The minimum absolute atomic E-state index is 0.0770. The molecule has 0 saturated heterocycles. The maximum Gasteiger partial charge on any atom is 0.265 e. The van der Waals surface area contributed by atoms with Gasteiger partial charge in [0.25, 0.3) is 5.91 Å². The van der Waals surface area contributed by atoms with Crippen molar-refractivity contribution in [1.29, 1.82) is 0 Å². The summed E-state index contributed by atoms with van der Waals surface area (Å²) in [5.41, 5.74) is 4.21. The molecule has 0 atom stereocenters. The lowest BCUT2D eigenvalue weighted by molar-refractivity contribution is 0.103. The minimum atomic E-state index is -0.0770. The summed E-state index contributed by atoms with van der Waals surface area (Å²) in [6, 6.07) is 13.6. The third-order valence-corrected chi connectivity index (χ3v) is 4.54. The predicted molar refractivity (Wildman–Crippen MR) is 91.4 cm³/mol. The van der Waals surface area contributed by atoms with Crippen molar-refractivity contribution in [2.45, 2.75) is 13.8 Å². The SMILES string of the molecule is Cc1ccc(NC(=O)c2ccc(-c3ccncc3C)s2)cc1. The van der Waals surface area contributed by atoms with Gasteiger partial charge in [-0.1, -0.05) is 17.7 Å². The third kappa shape index (κ3) is 3.07. The summed E-state index contributed by atoms with van der Waals surface area (Å²) in [6.45, 7) is 4.04. The number of nitrogens with one attached hydrogen (secondary N) is 1. The number of nitrogens with zero attached hydrogens (tertiary/aromatic N) is 1. The molecule has 110 valence electrons. The van der Waals surface area contributed by atoms with Crippen LogP contribution in [0.4, 0.5) is 5.69 Å². The summed E-state index contributed by atoms with van der Waals surface area (Å²) in [7, 11) is 0. The number of amides is 1. The van der Waals surface area contributed by atoms with Gasteiger partial charge in [0.05, 0.1) is 4.88 Å².